The molecular formula is C33H51NO3. The van der Waals surface area contributed by atoms with E-state index in [-0.39, 0.29) is 5.91 Å². The van der Waals surface area contributed by atoms with Crippen molar-refractivity contribution in [3.8, 4) is 5.75 Å². The maximum atomic E-state index is 12.4. The highest BCUT2D eigenvalue weighted by Crippen LogP contribution is 2.21. The fraction of sp³-hybridized carbons (Fsp3) is 0.606. The van der Waals surface area contributed by atoms with Crippen molar-refractivity contribution in [2.24, 2.45) is 0 Å². The van der Waals surface area contributed by atoms with Gasteiger partial charge in [-0.2, -0.15) is 0 Å². The number of benzene rings is 1. The number of amides is 1. The summed E-state index contributed by atoms with van der Waals surface area (Å²) in [7, 11) is 0. The largest absolute Gasteiger partial charge is 0.485 e. The topological polar surface area (TPSA) is 51.5 Å². The minimum absolute atomic E-state index is 0.153. The number of carbonyl (C=O) groups is 1. The molecule has 206 valence electrons. The van der Waals surface area contributed by atoms with Gasteiger partial charge in [0.25, 0.3) is 5.91 Å². The summed E-state index contributed by atoms with van der Waals surface area (Å²) in [6.45, 7) is 7.06. The van der Waals surface area contributed by atoms with Gasteiger partial charge in [-0.15, -0.1) is 6.58 Å². The average molecular weight is 510 g/mol. The van der Waals surface area contributed by atoms with Crippen LogP contribution >= 0.6 is 0 Å². The van der Waals surface area contributed by atoms with Gasteiger partial charge in [0, 0.05) is 6.54 Å². The van der Waals surface area contributed by atoms with Crippen LogP contribution in [0.2, 0.25) is 0 Å². The molecule has 0 fully saturated rings. The first-order chi connectivity index (χ1) is 18.2. The van der Waals surface area contributed by atoms with Crippen molar-refractivity contribution >= 4 is 5.91 Å². The summed E-state index contributed by atoms with van der Waals surface area (Å²) in [6.07, 6.45) is 24.2. The molecule has 1 amide bonds. The summed E-state index contributed by atoms with van der Waals surface area (Å²) in [6, 6.07) is 11.4. The zero-order chi connectivity index (χ0) is 26.4. The van der Waals surface area contributed by atoms with Gasteiger partial charge in [-0.3, -0.25) is 4.79 Å². The van der Waals surface area contributed by atoms with Gasteiger partial charge in [-0.25, -0.2) is 0 Å². The molecule has 0 unspecified atom stereocenters. The van der Waals surface area contributed by atoms with E-state index in [0.29, 0.717) is 24.7 Å². The standard InChI is InChI=1S/C33H51NO3/c1-3-5-6-7-8-9-10-11-12-13-14-15-16-17-18-21-27-34-33(35)32-26-25-30(37-32)28-36-31-24-20-19-23-29(31)22-4-2/h4,19-20,23-26H,2-3,5-18,21-22,27-28H2,1H3,(H,34,35). The van der Waals surface area contributed by atoms with Crippen LogP contribution in [0.25, 0.3) is 0 Å². The van der Waals surface area contributed by atoms with Crippen LogP contribution in [0.15, 0.2) is 53.5 Å². The molecule has 0 atom stereocenters. The zero-order valence-corrected chi connectivity index (χ0v) is 23.4. The molecule has 1 heterocycles. The van der Waals surface area contributed by atoms with Gasteiger partial charge < -0.3 is 14.5 Å². The Kier molecular flexibility index (Phi) is 17.1. The number of hydrogen-bond donors (Lipinski definition) is 1. The maximum absolute atomic E-state index is 12.4. The summed E-state index contributed by atoms with van der Waals surface area (Å²) < 4.78 is 11.6. The van der Waals surface area contributed by atoms with E-state index >= 15 is 0 Å². The Morgan fingerprint density at radius 3 is 1.97 bits per heavy atom. The molecule has 37 heavy (non-hydrogen) atoms. The number of furan rings is 1. The monoisotopic (exact) mass is 509 g/mol. The van der Waals surface area contributed by atoms with Crippen molar-refractivity contribution in [1.82, 2.24) is 5.32 Å². The molecule has 0 aliphatic carbocycles. The first-order valence-corrected chi connectivity index (χ1v) is 14.9. The second kappa shape index (κ2) is 20.6. The number of hydrogen-bond acceptors (Lipinski definition) is 3. The number of nitrogens with one attached hydrogen (secondary N) is 1. The average Bonchev–Trinajstić information content (AvgIpc) is 3.39. The summed E-state index contributed by atoms with van der Waals surface area (Å²) in [5.74, 6) is 1.64. The second-order valence-electron chi connectivity index (χ2n) is 10.2. The molecule has 0 saturated heterocycles. The van der Waals surface area contributed by atoms with Crippen LogP contribution in [0.3, 0.4) is 0 Å². The predicted octanol–water partition coefficient (Wildman–Crippen LogP) is 9.58. The van der Waals surface area contributed by atoms with Crippen molar-refractivity contribution in [2.45, 2.75) is 123 Å². The number of carbonyl (C=O) groups excluding carboxylic acids is 1. The molecule has 1 aromatic heterocycles. The summed E-state index contributed by atoms with van der Waals surface area (Å²) in [5.41, 5.74) is 1.08. The lowest BCUT2D eigenvalue weighted by Crippen LogP contribution is -2.23. The lowest BCUT2D eigenvalue weighted by Gasteiger charge is -2.09. The summed E-state index contributed by atoms with van der Waals surface area (Å²) >= 11 is 0. The van der Waals surface area contributed by atoms with Gasteiger partial charge in [-0.1, -0.05) is 128 Å². The number of allylic oxidation sites excluding steroid dienone is 1. The van der Waals surface area contributed by atoms with E-state index in [9.17, 15) is 4.79 Å². The lowest BCUT2D eigenvalue weighted by atomic mass is 10.0. The molecule has 0 aliphatic rings. The van der Waals surface area contributed by atoms with Gasteiger partial charge in [0.15, 0.2) is 5.76 Å². The molecule has 2 rings (SSSR count). The zero-order valence-electron chi connectivity index (χ0n) is 23.4. The highest BCUT2D eigenvalue weighted by Gasteiger charge is 2.11. The molecule has 1 aromatic carbocycles. The number of para-hydroxylation sites is 1. The quantitative estimate of drug-likeness (QED) is 0.120. The Hall–Kier alpha value is -2.49. The maximum Gasteiger partial charge on any atom is 0.286 e. The molecule has 2 aromatic rings. The fourth-order valence-corrected chi connectivity index (χ4v) is 4.66. The highest BCUT2D eigenvalue weighted by atomic mass is 16.5. The number of unbranched alkanes of at least 4 members (excludes halogenated alkanes) is 15. The van der Waals surface area contributed by atoms with E-state index in [1.54, 1.807) is 12.1 Å². The summed E-state index contributed by atoms with van der Waals surface area (Å²) in [4.78, 5) is 12.4. The van der Waals surface area contributed by atoms with Crippen molar-refractivity contribution in [3.05, 3.63) is 66.1 Å². The molecule has 0 bridgehead atoms. The van der Waals surface area contributed by atoms with Crippen LogP contribution in [0.5, 0.6) is 5.75 Å². The van der Waals surface area contributed by atoms with E-state index < -0.39 is 0 Å². The Labute approximate surface area is 226 Å². The molecule has 0 radical (unpaired) electrons. The van der Waals surface area contributed by atoms with E-state index in [4.69, 9.17) is 9.15 Å². The van der Waals surface area contributed by atoms with Crippen molar-refractivity contribution < 1.29 is 13.9 Å². The molecule has 4 nitrogen and oxygen atoms in total. The van der Waals surface area contributed by atoms with Crippen LogP contribution in [-0.2, 0) is 13.0 Å². The van der Waals surface area contributed by atoms with Crippen LogP contribution in [-0.4, -0.2) is 12.5 Å². The molecule has 0 spiro atoms. The molecule has 4 heteroatoms. The van der Waals surface area contributed by atoms with Gasteiger partial charge in [0.2, 0.25) is 0 Å². The van der Waals surface area contributed by atoms with Gasteiger partial charge in [-0.05, 0) is 36.6 Å². The van der Waals surface area contributed by atoms with Crippen LogP contribution in [0, 0.1) is 0 Å². The van der Waals surface area contributed by atoms with E-state index in [2.05, 4.69) is 18.8 Å². The first kappa shape index (κ1) is 30.7. The minimum Gasteiger partial charge on any atom is -0.485 e. The van der Waals surface area contributed by atoms with E-state index in [1.807, 2.05) is 30.3 Å². The smallest absolute Gasteiger partial charge is 0.286 e. The number of ether oxygens (including phenoxy) is 1. The fourth-order valence-electron chi connectivity index (χ4n) is 4.66. The lowest BCUT2D eigenvalue weighted by molar-refractivity contribution is 0.0921. The van der Waals surface area contributed by atoms with Gasteiger partial charge in [0.1, 0.15) is 18.1 Å². The molecule has 1 N–H and O–H groups in total. The third-order valence-electron chi connectivity index (χ3n) is 6.91. The Morgan fingerprint density at radius 1 is 0.811 bits per heavy atom. The van der Waals surface area contributed by atoms with Crippen molar-refractivity contribution in [1.29, 1.82) is 0 Å². The van der Waals surface area contributed by atoms with Gasteiger partial charge >= 0.3 is 0 Å². The minimum atomic E-state index is -0.153. The van der Waals surface area contributed by atoms with Crippen molar-refractivity contribution in [3.63, 3.8) is 0 Å². The normalized spacial score (nSPS) is 10.9. The van der Waals surface area contributed by atoms with E-state index in [0.717, 1.165) is 24.2 Å². The third kappa shape index (κ3) is 14.1. The van der Waals surface area contributed by atoms with Crippen molar-refractivity contribution in [2.75, 3.05) is 6.54 Å². The second-order valence-corrected chi connectivity index (χ2v) is 10.2. The number of rotatable bonds is 23. The van der Waals surface area contributed by atoms with Crippen LogP contribution in [0.4, 0.5) is 0 Å². The molecule has 0 aliphatic heterocycles. The predicted molar refractivity (Wildman–Crippen MR) is 155 cm³/mol. The Morgan fingerprint density at radius 2 is 1.38 bits per heavy atom. The Bertz CT molecular complexity index is 857. The van der Waals surface area contributed by atoms with Crippen LogP contribution < -0.4 is 10.1 Å². The highest BCUT2D eigenvalue weighted by molar-refractivity contribution is 5.91. The molecular weight excluding hydrogens is 458 g/mol. The van der Waals surface area contributed by atoms with Gasteiger partial charge in [0.05, 0.1) is 0 Å². The summed E-state index contributed by atoms with van der Waals surface area (Å²) in [5, 5.41) is 2.98. The van der Waals surface area contributed by atoms with E-state index in [1.165, 1.54) is 96.3 Å². The third-order valence-corrected chi connectivity index (χ3v) is 6.91. The SMILES string of the molecule is C=CCc1ccccc1OCc1ccc(C(=O)NCCCCCCCCCCCCCCCCCC)o1. The first-order valence-electron chi connectivity index (χ1n) is 14.9. The Balaban J connectivity index is 1.43. The van der Waals surface area contributed by atoms with Crippen LogP contribution in [0.1, 0.15) is 132 Å². The molecule has 0 saturated carbocycles.